The Hall–Kier alpha value is -1.86. The molecule has 0 amide bonds. The van der Waals surface area contributed by atoms with E-state index in [-0.39, 0.29) is 46.1 Å². The number of aliphatic hydroxyl groups excluding tert-OH is 2. The summed E-state index contributed by atoms with van der Waals surface area (Å²) >= 11 is 0. The molecule has 2 aliphatic carbocycles. The molecule has 0 spiro atoms. The Morgan fingerprint density at radius 3 is 2.14 bits per heavy atom. The number of allylic oxidation sites excluding steroid dienone is 8. The number of aliphatic hydroxyl groups is 2. The van der Waals surface area contributed by atoms with Crippen molar-refractivity contribution in [3.8, 4) is 11.8 Å². The van der Waals surface area contributed by atoms with Crippen molar-refractivity contribution < 1.29 is 14.9 Å². The second-order valence-electron chi connectivity index (χ2n) is 15.8. The zero-order valence-corrected chi connectivity index (χ0v) is 29.0. The molecule has 1 heterocycles. The normalized spacial score (nSPS) is 34.5. The zero-order chi connectivity index (χ0) is 32.1. The van der Waals surface area contributed by atoms with Crippen LogP contribution in [0.15, 0.2) is 60.3 Å². The summed E-state index contributed by atoms with van der Waals surface area (Å²) in [6, 6.07) is 0. The lowest BCUT2D eigenvalue weighted by Gasteiger charge is -2.39. The third kappa shape index (κ3) is 9.32. The fraction of sp³-hybridized carbons (Fsp3) is 0.700. The Morgan fingerprint density at radius 2 is 1.49 bits per heavy atom. The lowest BCUT2D eigenvalue weighted by Crippen LogP contribution is -2.46. The second-order valence-corrected chi connectivity index (χ2v) is 15.8. The molecule has 1 aliphatic heterocycles. The standard InChI is InChI=1S/C40H62O3/c1-29(17-13-19-31(3)21-22-36-33(5)25-34(41)26-37(36,6)7)15-11-12-16-30(2)18-14-20-32(4)23-24-40-38(8,9)27-35(42)28-39(40,10)43-40/h11,13-15,18-19,23-25,29-32,34-36,41-42H,12,16-17,20,26-28H2,1-10H3/b15-11-,18-14+,19-13-,24-23+/t29?,30?,31?,32?,34-,35+,36?,39-,40+/m1/s1. The highest BCUT2D eigenvalue weighted by Gasteiger charge is 2.74. The fourth-order valence-electron chi connectivity index (χ4n) is 7.64. The molecule has 0 bridgehead atoms. The van der Waals surface area contributed by atoms with Crippen LogP contribution in [-0.4, -0.2) is 33.6 Å². The monoisotopic (exact) mass is 590 g/mol. The van der Waals surface area contributed by atoms with Gasteiger partial charge >= 0.3 is 0 Å². The van der Waals surface area contributed by atoms with Gasteiger partial charge in [0.25, 0.3) is 0 Å². The number of fused-ring (bicyclic) bond motifs is 1. The van der Waals surface area contributed by atoms with Crippen molar-refractivity contribution in [1.29, 1.82) is 0 Å². The minimum atomic E-state index is -0.344. The molecule has 0 radical (unpaired) electrons. The summed E-state index contributed by atoms with van der Waals surface area (Å²) in [7, 11) is 0. The van der Waals surface area contributed by atoms with Gasteiger partial charge in [0.05, 0.1) is 12.2 Å². The van der Waals surface area contributed by atoms with Crippen LogP contribution in [0.5, 0.6) is 0 Å². The molecule has 0 aromatic heterocycles. The van der Waals surface area contributed by atoms with Gasteiger partial charge in [-0.3, -0.25) is 0 Å². The molecule has 3 heteroatoms. The van der Waals surface area contributed by atoms with Gasteiger partial charge in [-0.15, -0.1) is 0 Å². The van der Waals surface area contributed by atoms with Crippen LogP contribution in [0.1, 0.15) is 114 Å². The van der Waals surface area contributed by atoms with E-state index in [1.54, 1.807) is 0 Å². The molecular formula is C40H62O3. The van der Waals surface area contributed by atoms with Crippen molar-refractivity contribution in [2.24, 2.45) is 40.4 Å². The molecular weight excluding hydrogens is 528 g/mol. The Bertz CT molecular complexity index is 1140. The first-order chi connectivity index (χ1) is 20.0. The first kappa shape index (κ1) is 35.6. The van der Waals surface area contributed by atoms with Crippen LogP contribution in [0, 0.1) is 52.3 Å². The molecule has 240 valence electrons. The van der Waals surface area contributed by atoms with Gasteiger partial charge in [0.2, 0.25) is 0 Å². The van der Waals surface area contributed by atoms with Crippen molar-refractivity contribution >= 4 is 0 Å². The molecule has 0 aromatic rings. The van der Waals surface area contributed by atoms with Crippen LogP contribution >= 0.6 is 0 Å². The molecule has 0 aromatic carbocycles. The van der Waals surface area contributed by atoms with Gasteiger partial charge in [0.1, 0.15) is 11.2 Å². The smallest absolute Gasteiger partial charge is 0.121 e. The predicted octanol–water partition coefficient (Wildman–Crippen LogP) is 9.38. The minimum absolute atomic E-state index is 0.00405. The third-order valence-electron chi connectivity index (χ3n) is 10.2. The predicted molar refractivity (Wildman–Crippen MR) is 182 cm³/mol. The van der Waals surface area contributed by atoms with E-state index in [0.29, 0.717) is 17.8 Å². The summed E-state index contributed by atoms with van der Waals surface area (Å²) in [6.07, 6.45) is 26.6. The van der Waals surface area contributed by atoms with Gasteiger partial charge in [0.15, 0.2) is 0 Å². The maximum Gasteiger partial charge on any atom is 0.121 e. The summed E-state index contributed by atoms with van der Waals surface area (Å²) in [5, 5.41) is 20.3. The van der Waals surface area contributed by atoms with Crippen LogP contribution in [0.4, 0.5) is 0 Å². The summed E-state index contributed by atoms with van der Waals surface area (Å²) in [4.78, 5) is 0. The first-order valence-corrected chi connectivity index (χ1v) is 17.0. The van der Waals surface area contributed by atoms with Crippen molar-refractivity contribution in [3.63, 3.8) is 0 Å². The van der Waals surface area contributed by atoms with E-state index in [4.69, 9.17) is 4.74 Å². The van der Waals surface area contributed by atoms with E-state index in [9.17, 15) is 10.2 Å². The lowest BCUT2D eigenvalue weighted by atomic mass is 9.63. The lowest BCUT2D eigenvalue weighted by molar-refractivity contribution is 0.0513. The van der Waals surface area contributed by atoms with Crippen molar-refractivity contribution in [2.75, 3.05) is 0 Å². The van der Waals surface area contributed by atoms with Gasteiger partial charge in [-0.05, 0) is 82.5 Å². The third-order valence-corrected chi connectivity index (χ3v) is 10.2. The zero-order valence-electron chi connectivity index (χ0n) is 29.0. The van der Waals surface area contributed by atoms with E-state index in [1.165, 1.54) is 12.0 Å². The summed E-state index contributed by atoms with van der Waals surface area (Å²) < 4.78 is 6.29. The Kier molecular flexibility index (Phi) is 12.0. The summed E-state index contributed by atoms with van der Waals surface area (Å²) in [5.74, 6) is 8.95. The van der Waals surface area contributed by atoms with Crippen molar-refractivity contribution in [2.45, 2.75) is 138 Å². The molecule has 2 fully saturated rings. The number of epoxide rings is 1. The maximum absolute atomic E-state index is 10.3. The second kappa shape index (κ2) is 14.5. The van der Waals surface area contributed by atoms with E-state index in [1.807, 2.05) is 6.08 Å². The Balaban J connectivity index is 1.34. The van der Waals surface area contributed by atoms with E-state index >= 15 is 0 Å². The average molecular weight is 591 g/mol. The molecule has 3 rings (SSSR count). The van der Waals surface area contributed by atoms with Gasteiger partial charge in [0, 0.05) is 23.7 Å². The molecule has 43 heavy (non-hydrogen) atoms. The molecule has 2 N–H and O–H groups in total. The molecule has 3 aliphatic rings. The largest absolute Gasteiger partial charge is 0.393 e. The molecule has 9 atom stereocenters. The Labute approximate surface area is 264 Å². The SMILES string of the molecule is CC1=C[C@@H](O)CC(C)(C)C1C#CC(C)/C=C\CC(C)/C=C\CCC(C)/C=C/CC(C)/C=C/[C@@]12O[C@]1(C)C[C@@H](O)CC2(C)C. The van der Waals surface area contributed by atoms with Gasteiger partial charge in [-0.2, -0.15) is 0 Å². The van der Waals surface area contributed by atoms with Crippen LogP contribution in [0.3, 0.4) is 0 Å². The van der Waals surface area contributed by atoms with Gasteiger partial charge in [-0.1, -0.05) is 121 Å². The van der Waals surface area contributed by atoms with Crippen molar-refractivity contribution in [3.05, 3.63) is 60.3 Å². The van der Waals surface area contributed by atoms with Crippen LogP contribution in [0.25, 0.3) is 0 Å². The fourth-order valence-corrected chi connectivity index (χ4v) is 7.64. The highest BCUT2D eigenvalue weighted by molar-refractivity contribution is 5.32. The van der Waals surface area contributed by atoms with E-state index in [0.717, 1.165) is 38.5 Å². The van der Waals surface area contributed by atoms with E-state index < -0.39 is 0 Å². The maximum atomic E-state index is 10.3. The number of rotatable bonds is 12. The van der Waals surface area contributed by atoms with Gasteiger partial charge < -0.3 is 14.9 Å². The number of hydrogen-bond donors (Lipinski definition) is 2. The van der Waals surface area contributed by atoms with Crippen LogP contribution in [-0.2, 0) is 4.74 Å². The van der Waals surface area contributed by atoms with Crippen molar-refractivity contribution in [1.82, 2.24) is 0 Å². The molecule has 1 saturated heterocycles. The van der Waals surface area contributed by atoms with Crippen LogP contribution < -0.4 is 0 Å². The summed E-state index contributed by atoms with van der Waals surface area (Å²) in [6.45, 7) is 22.2. The molecule has 3 nitrogen and oxygen atoms in total. The molecule has 1 saturated carbocycles. The topological polar surface area (TPSA) is 53.0 Å². The van der Waals surface area contributed by atoms with Crippen LogP contribution in [0.2, 0.25) is 0 Å². The highest BCUT2D eigenvalue weighted by atomic mass is 16.6. The minimum Gasteiger partial charge on any atom is -0.393 e. The number of hydrogen-bond acceptors (Lipinski definition) is 3. The average Bonchev–Trinajstić information content (AvgIpc) is 3.49. The van der Waals surface area contributed by atoms with E-state index in [2.05, 4.69) is 130 Å². The highest BCUT2D eigenvalue weighted by Crippen LogP contribution is 2.66. The van der Waals surface area contributed by atoms with Gasteiger partial charge in [-0.25, -0.2) is 0 Å². The molecule has 5 unspecified atom stereocenters. The summed E-state index contributed by atoms with van der Waals surface area (Å²) in [5.41, 5.74) is 0.693. The first-order valence-electron chi connectivity index (χ1n) is 17.0. The quantitative estimate of drug-likeness (QED) is 0.135. The Morgan fingerprint density at radius 1 is 0.860 bits per heavy atom. The number of ether oxygens (including phenoxy) is 1.